The van der Waals surface area contributed by atoms with Crippen molar-refractivity contribution < 1.29 is 14.0 Å². The van der Waals surface area contributed by atoms with Crippen LogP contribution in [-0.2, 0) is 6.54 Å². The molecule has 6 heteroatoms. The van der Waals surface area contributed by atoms with E-state index < -0.39 is 6.10 Å². The summed E-state index contributed by atoms with van der Waals surface area (Å²) in [5.74, 6) is 1.60. The second-order valence-corrected chi connectivity index (χ2v) is 6.91. The Labute approximate surface area is 140 Å². The highest BCUT2D eigenvalue weighted by Crippen LogP contribution is 2.35. The van der Waals surface area contributed by atoms with Gasteiger partial charge in [-0.25, -0.2) is 4.39 Å². The summed E-state index contributed by atoms with van der Waals surface area (Å²) < 4.78 is 18.6. The predicted molar refractivity (Wildman–Crippen MR) is 85.7 cm³/mol. The number of β-amino-alcohol motifs (C(OH)–C–C–N with tert-alkyl or cyclic N) is 1. The second-order valence-electron chi connectivity index (χ2n) is 6.91. The summed E-state index contributed by atoms with van der Waals surface area (Å²) in [5.41, 5.74) is 1.00. The van der Waals surface area contributed by atoms with E-state index in [9.17, 15) is 9.50 Å². The molecule has 2 atom stereocenters. The first-order valence-corrected chi connectivity index (χ1v) is 8.69. The number of likely N-dealkylation sites (tertiary alicyclic amines) is 1. The second kappa shape index (κ2) is 6.61. The molecule has 2 aliphatic rings. The summed E-state index contributed by atoms with van der Waals surface area (Å²) >= 11 is 0. The van der Waals surface area contributed by atoms with Crippen molar-refractivity contribution in [3.05, 3.63) is 47.4 Å². The Morgan fingerprint density at radius 2 is 1.96 bits per heavy atom. The van der Waals surface area contributed by atoms with E-state index in [1.807, 2.05) is 0 Å². The van der Waals surface area contributed by atoms with Gasteiger partial charge in [0.25, 0.3) is 0 Å². The lowest BCUT2D eigenvalue weighted by Crippen LogP contribution is -2.24. The van der Waals surface area contributed by atoms with E-state index in [1.165, 1.54) is 25.0 Å². The predicted octanol–water partition coefficient (Wildman–Crippen LogP) is 3.17. The Morgan fingerprint density at radius 1 is 1.21 bits per heavy atom. The zero-order valence-corrected chi connectivity index (χ0v) is 13.6. The summed E-state index contributed by atoms with van der Waals surface area (Å²) in [6.45, 7) is 1.07. The molecule has 0 radical (unpaired) electrons. The zero-order chi connectivity index (χ0) is 16.5. The third kappa shape index (κ3) is 3.21. The van der Waals surface area contributed by atoms with Crippen LogP contribution in [0.15, 0.2) is 28.8 Å². The molecule has 1 aromatic heterocycles. The Morgan fingerprint density at radius 3 is 2.71 bits per heavy atom. The SMILES string of the molecule is O[C@H]1C[C@@H](c2ccc(F)cc2)N(Cc2nc(C3CCCC3)no2)C1. The van der Waals surface area contributed by atoms with Crippen molar-refractivity contribution in [2.75, 3.05) is 6.54 Å². The summed E-state index contributed by atoms with van der Waals surface area (Å²) in [5, 5.41) is 14.2. The standard InChI is InChI=1S/C18H22FN3O2/c19-14-7-5-12(6-8-14)16-9-15(23)10-22(16)11-17-20-18(21-24-17)13-3-1-2-4-13/h5-8,13,15-16,23H,1-4,9-11H2/t15-,16-/m0/s1. The van der Waals surface area contributed by atoms with Gasteiger partial charge in [0.15, 0.2) is 5.82 Å². The van der Waals surface area contributed by atoms with Crippen LogP contribution in [0.25, 0.3) is 0 Å². The Kier molecular flexibility index (Phi) is 4.33. The van der Waals surface area contributed by atoms with E-state index >= 15 is 0 Å². The van der Waals surface area contributed by atoms with Crippen molar-refractivity contribution in [1.29, 1.82) is 0 Å². The molecule has 1 saturated heterocycles. The molecule has 4 rings (SSSR count). The van der Waals surface area contributed by atoms with Crippen LogP contribution in [0, 0.1) is 5.82 Å². The number of nitrogens with zero attached hydrogens (tertiary/aromatic N) is 3. The largest absolute Gasteiger partial charge is 0.392 e. The lowest BCUT2D eigenvalue weighted by molar-refractivity contribution is 0.164. The van der Waals surface area contributed by atoms with E-state index in [0.717, 1.165) is 24.2 Å². The minimum Gasteiger partial charge on any atom is -0.392 e. The van der Waals surface area contributed by atoms with Crippen LogP contribution in [-0.4, -0.2) is 32.8 Å². The first-order valence-electron chi connectivity index (χ1n) is 8.69. The molecule has 2 heterocycles. The van der Waals surface area contributed by atoms with E-state index in [0.29, 0.717) is 31.3 Å². The number of halogens is 1. The molecular formula is C18H22FN3O2. The van der Waals surface area contributed by atoms with Crippen molar-refractivity contribution >= 4 is 0 Å². The number of benzene rings is 1. The van der Waals surface area contributed by atoms with Gasteiger partial charge >= 0.3 is 0 Å². The molecule has 24 heavy (non-hydrogen) atoms. The maximum atomic E-state index is 13.1. The molecule has 128 valence electrons. The molecule has 1 aliphatic heterocycles. The highest BCUT2D eigenvalue weighted by molar-refractivity contribution is 5.21. The summed E-state index contributed by atoms with van der Waals surface area (Å²) in [7, 11) is 0. The van der Waals surface area contributed by atoms with Crippen molar-refractivity contribution in [1.82, 2.24) is 15.0 Å². The molecule has 0 spiro atoms. The maximum Gasteiger partial charge on any atom is 0.240 e. The fourth-order valence-electron chi connectivity index (χ4n) is 3.94. The van der Waals surface area contributed by atoms with Crippen molar-refractivity contribution in [3.63, 3.8) is 0 Å². The Hall–Kier alpha value is -1.79. The van der Waals surface area contributed by atoms with Gasteiger partial charge in [-0.1, -0.05) is 30.1 Å². The van der Waals surface area contributed by atoms with Gasteiger partial charge in [0.1, 0.15) is 5.82 Å². The third-order valence-electron chi connectivity index (χ3n) is 5.18. The molecule has 5 nitrogen and oxygen atoms in total. The van der Waals surface area contributed by atoms with Gasteiger partial charge < -0.3 is 9.63 Å². The highest BCUT2D eigenvalue weighted by Gasteiger charge is 2.33. The average Bonchev–Trinajstić information content (AvgIpc) is 3.29. The third-order valence-corrected chi connectivity index (χ3v) is 5.18. The number of hydrogen-bond acceptors (Lipinski definition) is 5. The zero-order valence-electron chi connectivity index (χ0n) is 13.6. The molecule has 0 unspecified atom stereocenters. The first-order chi connectivity index (χ1) is 11.7. The molecule has 1 aliphatic carbocycles. The van der Waals surface area contributed by atoms with Gasteiger partial charge in [0.05, 0.1) is 12.6 Å². The minimum atomic E-state index is -0.391. The molecule has 1 aromatic carbocycles. The minimum absolute atomic E-state index is 0.0439. The van der Waals surface area contributed by atoms with Crippen molar-refractivity contribution in [2.24, 2.45) is 0 Å². The van der Waals surface area contributed by atoms with Gasteiger partial charge in [-0.15, -0.1) is 0 Å². The quantitative estimate of drug-likeness (QED) is 0.932. The molecule has 0 amide bonds. The summed E-state index contributed by atoms with van der Waals surface area (Å²) in [6, 6.07) is 6.53. The van der Waals surface area contributed by atoms with Crippen LogP contribution in [0.2, 0.25) is 0 Å². The summed E-state index contributed by atoms with van der Waals surface area (Å²) in [4.78, 5) is 6.69. The monoisotopic (exact) mass is 331 g/mol. The number of rotatable bonds is 4. The highest BCUT2D eigenvalue weighted by atomic mass is 19.1. The van der Waals surface area contributed by atoms with E-state index in [1.54, 1.807) is 12.1 Å². The lowest BCUT2D eigenvalue weighted by atomic mass is 10.0. The number of aliphatic hydroxyl groups excluding tert-OH is 1. The molecule has 0 bridgehead atoms. The normalized spacial score (nSPS) is 25.6. The molecule has 2 fully saturated rings. The summed E-state index contributed by atoms with van der Waals surface area (Å²) in [6.07, 6.45) is 4.99. The van der Waals surface area contributed by atoms with E-state index in [2.05, 4.69) is 15.0 Å². The van der Waals surface area contributed by atoms with Crippen LogP contribution < -0.4 is 0 Å². The van der Waals surface area contributed by atoms with Crippen LogP contribution in [0.5, 0.6) is 0 Å². The van der Waals surface area contributed by atoms with Gasteiger partial charge in [-0.3, -0.25) is 4.90 Å². The molecule has 1 saturated carbocycles. The maximum absolute atomic E-state index is 13.1. The first kappa shape index (κ1) is 15.7. The number of aromatic nitrogens is 2. The van der Waals surface area contributed by atoms with Crippen molar-refractivity contribution in [2.45, 2.75) is 56.7 Å². The van der Waals surface area contributed by atoms with Crippen LogP contribution in [0.4, 0.5) is 4.39 Å². The topological polar surface area (TPSA) is 62.4 Å². The number of aliphatic hydroxyl groups is 1. The number of hydrogen-bond donors (Lipinski definition) is 1. The Bertz CT molecular complexity index is 682. The van der Waals surface area contributed by atoms with E-state index in [4.69, 9.17) is 4.52 Å². The fourth-order valence-corrected chi connectivity index (χ4v) is 3.94. The van der Waals surface area contributed by atoms with Crippen LogP contribution in [0.1, 0.15) is 61.3 Å². The average molecular weight is 331 g/mol. The van der Waals surface area contributed by atoms with Gasteiger partial charge in [0, 0.05) is 18.5 Å². The lowest BCUT2D eigenvalue weighted by Gasteiger charge is -2.22. The fraction of sp³-hybridized carbons (Fsp3) is 0.556. The van der Waals surface area contributed by atoms with Gasteiger partial charge in [-0.05, 0) is 37.0 Å². The van der Waals surface area contributed by atoms with E-state index in [-0.39, 0.29) is 11.9 Å². The van der Waals surface area contributed by atoms with Crippen molar-refractivity contribution in [3.8, 4) is 0 Å². The van der Waals surface area contributed by atoms with Crippen LogP contribution >= 0.6 is 0 Å². The Balaban J connectivity index is 1.48. The molecular weight excluding hydrogens is 309 g/mol. The smallest absolute Gasteiger partial charge is 0.240 e. The molecule has 2 aromatic rings. The van der Waals surface area contributed by atoms with Gasteiger partial charge in [-0.2, -0.15) is 4.98 Å². The van der Waals surface area contributed by atoms with Crippen LogP contribution in [0.3, 0.4) is 0 Å². The van der Waals surface area contributed by atoms with Gasteiger partial charge in [0.2, 0.25) is 5.89 Å². The molecule has 1 N–H and O–H groups in total.